The third-order valence-corrected chi connectivity index (χ3v) is 6.79. The fourth-order valence-electron chi connectivity index (χ4n) is 3.18. The van der Waals surface area contributed by atoms with Crippen LogP contribution in [0.25, 0.3) is 0 Å². The first-order valence-corrected chi connectivity index (χ1v) is 10.1. The summed E-state index contributed by atoms with van der Waals surface area (Å²) in [5, 5.41) is 3.54. The van der Waals surface area contributed by atoms with Crippen molar-refractivity contribution in [1.29, 1.82) is 0 Å². The van der Waals surface area contributed by atoms with Crippen LogP contribution in [0.2, 0.25) is 5.02 Å². The third kappa shape index (κ3) is 3.84. The highest BCUT2D eigenvalue weighted by molar-refractivity contribution is 7.89. The van der Waals surface area contributed by atoms with Crippen LogP contribution in [0, 0.1) is 0 Å². The van der Waals surface area contributed by atoms with E-state index < -0.39 is 10.0 Å². The van der Waals surface area contributed by atoms with E-state index in [1.807, 2.05) is 4.90 Å². The molecule has 0 atom stereocenters. The number of hydrogen-bond donors (Lipinski definition) is 1. The molecule has 1 N–H and O–H groups in total. The Kier molecular flexibility index (Phi) is 5.32. The van der Waals surface area contributed by atoms with Crippen LogP contribution in [0.5, 0.6) is 0 Å². The Bertz CT molecular complexity index is 679. The molecule has 0 saturated carbocycles. The lowest BCUT2D eigenvalue weighted by molar-refractivity contribution is 0.197. The minimum absolute atomic E-state index is 0.0218. The molecule has 2 heterocycles. The molecule has 0 aliphatic carbocycles. The number of piperidine rings is 1. The molecule has 0 spiro atoms. The monoisotopic (exact) mass is 371 g/mol. The number of amides is 2. The number of benzene rings is 1. The van der Waals surface area contributed by atoms with E-state index in [2.05, 4.69) is 5.32 Å². The summed E-state index contributed by atoms with van der Waals surface area (Å²) in [6.45, 7) is 2.46. The molecule has 0 bridgehead atoms. The van der Waals surface area contributed by atoms with Gasteiger partial charge in [0.15, 0.2) is 0 Å². The summed E-state index contributed by atoms with van der Waals surface area (Å²) in [6.07, 6.45) is 3.38. The molecule has 0 unspecified atom stereocenters. The number of halogens is 1. The standard InChI is InChI=1S/C16H22ClN3O3S/c17-13-3-5-15(6-4-13)24(22,23)20-11-7-14(8-12-20)18-16(21)19-9-1-2-10-19/h3-6,14H,1-2,7-12H2,(H,18,21). The van der Waals surface area contributed by atoms with E-state index in [0.717, 1.165) is 25.9 Å². The van der Waals surface area contributed by atoms with Crippen LogP contribution in [0.1, 0.15) is 25.7 Å². The summed E-state index contributed by atoms with van der Waals surface area (Å²) in [6, 6.07) is 6.23. The Morgan fingerprint density at radius 1 is 1.04 bits per heavy atom. The maximum absolute atomic E-state index is 12.6. The molecule has 3 rings (SSSR count). The topological polar surface area (TPSA) is 69.7 Å². The zero-order chi connectivity index (χ0) is 17.2. The molecule has 2 amide bonds. The first kappa shape index (κ1) is 17.5. The quantitative estimate of drug-likeness (QED) is 0.886. The minimum Gasteiger partial charge on any atom is -0.335 e. The van der Waals surface area contributed by atoms with E-state index >= 15 is 0 Å². The highest BCUT2D eigenvalue weighted by Gasteiger charge is 2.30. The van der Waals surface area contributed by atoms with Crippen LogP contribution in [0.3, 0.4) is 0 Å². The number of nitrogens with one attached hydrogen (secondary N) is 1. The van der Waals surface area contributed by atoms with Gasteiger partial charge >= 0.3 is 6.03 Å². The molecule has 132 valence electrons. The number of likely N-dealkylation sites (tertiary alicyclic amines) is 1. The highest BCUT2D eigenvalue weighted by Crippen LogP contribution is 2.22. The first-order chi connectivity index (χ1) is 11.5. The summed E-state index contributed by atoms with van der Waals surface area (Å²) < 4.78 is 26.7. The number of carbonyl (C=O) groups is 1. The van der Waals surface area contributed by atoms with Gasteiger partial charge < -0.3 is 10.2 Å². The van der Waals surface area contributed by atoms with Crippen molar-refractivity contribution in [3.05, 3.63) is 29.3 Å². The normalized spacial score (nSPS) is 20.3. The maximum atomic E-state index is 12.6. The number of rotatable bonds is 3. The minimum atomic E-state index is -3.49. The maximum Gasteiger partial charge on any atom is 0.317 e. The average Bonchev–Trinajstić information content (AvgIpc) is 3.10. The van der Waals surface area contributed by atoms with Gasteiger partial charge in [-0.15, -0.1) is 0 Å². The Balaban J connectivity index is 1.56. The summed E-state index contributed by atoms with van der Waals surface area (Å²) in [5.74, 6) is 0. The lowest BCUT2D eigenvalue weighted by Gasteiger charge is -2.32. The second-order valence-corrected chi connectivity index (χ2v) is 8.65. The predicted octanol–water partition coefficient (Wildman–Crippen LogP) is 2.30. The summed E-state index contributed by atoms with van der Waals surface area (Å²) >= 11 is 5.82. The van der Waals surface area contributed by atoms with Crippen molar-refractivity contribution < 1.29 is 13.2 Å². The van der Waals surface area contributed by atoms with Crippen molar-refractivity contribution in [3.63, 3.8) is 0 Å². The molecular formula is C16H22ClN3O3S. The highest BCUT2D eigenvalue weighted by atomic mass is 35.5. The van der Waals surface area contributed by atoms with E-state index in [1.165, 1.54) is 16.4 Å². The first-order valence-electron chi connectivity index (χ1n) is 8.28. The number of urea groups is 1. The molecule has 2 saturated heterocycles. The van der Waals surface area contributed by atoms with Crippen LogP contribution in [-0.4, -0.2) is 55.9 Å². The fraction of sp³-hybridized carbons (Fsp3) is 0.562. The Morgan fingerprint density at radius 3 is 2.21 bits per heavy atom. The van der Waals surface area contributed by atoms with Gasteiger partial charge in [0.2, 0.25) is 10.0 Å². The van der Waals surface area contributed by atoms with Crippen LogP contribution < -0.4 is 5.32 Å². The van der Waals surface area contributed by atoms with Gasteiger partial charge in [-0.25, -0.2) is 13.2 Å². The van der Waals surface area contributed by atoms with Crippen LogP contribution >= 0.6 is 11.6 Å². The molecule has 6 nitrogen and oxygen atoms in total. The van der Waals surface area contributed by atoms with E-state index in [4.69, 9.17) is 11.6 Å². The molecule has 2 fully saturated rings. The molecule has 1 aromatic carbocycles. The van der Waals surface area contributed by atoms with Gasteiger partial charge in [-0.1, -0.05) is 11.6 Å². The molecule has 8 heteroatoms. The van der Waals surface area contributed by atoms with Crippen LogP contribution in [0.15, 0.2) is 29.2 Å². The largest absolute Gasteiger partial charge is 0.335 e. The zero-order valence-corrected chi connectivity index (χ0v) is 15.0. The molecule has 2 aliphatic heterocycles. The summed E-state index contributed by atoms with van der Waals surface area (Å²) in [4.78, 5) is 14.2. The van der Waals surface area contributed by atoms with Gasteiger partial charge in [0.05, 0.1) is 4.90 Å². The Labute approximate surface area is 147 Å². The molecule has 0 radical (unpaired) electrons. The molecule has 1 aromatic rings. The average molecular weight is 372 g/mol. The van der Waals surface area contributed by atoms with Gasteiger partial charge in [0, 0.05) is 37.2 Å². The molecule has 24 heavy (non-hydrogen) atoms. The summed E-state index contributed by atoms with van der Waals surface area (Å²) in [7, 11) is -3.49. The number of hydrogen-bond acceptors (Lipinski definition) is 3. The van der Waals surface area contributed by atoms with Crippen molar-refractivity contribution >= 4 is 27.7 Å². The van der Waals surface area contributed by atoms with E-state index in [0.29, 0.717) is 31.0 Å². The summed E-state index contributed by atoms with van der Waals surface area (Å²) in [5.41, 5.74) is 0. The van der Waals surface area contributed by atoms with Crippen molar-refractivity contribution in [2.24, 2.45) is 0 Å². The fourth-order valence-corrected chi connectivity index (χ4v) is 4.78. The lowest BCUT2D eigenvalue weighted by Crippen LogP contribution is -2.49. The smallest absolute Gasteiger partial charge is 0.317 e. The van der Waals surface area contributed by atoms with E-state index in [1.54, 1.807) is 12.1 Å². The van der Waals surface area contributed by atoms with Crippen LogP contribution in [-0.2, 0) is 10.0 Å². The van der Waals surface area contributed by atoms with Crippen molar-refractivity contribution in [3.8, 4) is 0 Å². The third-order valence-electron chi connectivity index (χ3n) is 4.63. The second kappa shape index (κ2) is 7.29. The van der Waals surface area contributed by atoms with Gasteiger partial charge in [-0.3, -0.25) is 0 Å². The SMILES string of the molecule is O=C(NC1CCN(S(=O)(=O)c2ccc(Cl)cc2)CC1)N1CCCC1. The lowest BCUT2D eigenvalue weighted by atomic mass is 10.1. The number of nitrogens with zero attached hydrogens (tertiary/aromatic N) is 2. The predicted molar refractivity (Wildman–Crippen MR) is 92.6 cm³/mol. The molecule has 0 aromatic heterocycles. The van der Waals surface area contributed by atoms with Gasteiger partial charge in [-0.2, -0.15) is 4.31 Å². The van der Waals surface area contributed by atoms with Crippen molar-refractivity contribution in [1.82, 2.24) is 14.5 Å². The van der Waals surface area contributed by atoms with Gasteiger partial charge in [0.25, 0.3) is 0 Å². The number of carbonyl (C=O) groups excluding carboxylic acids is 1. The van der Waals surface area contributed by atoms with Crippen molar-refractivity contribution in [2.45, 2.75) is 36.6 Å². The Morgan fingerprint density at radius 2 is 1.62 bits per heavy atom. The van der Waals surface area contributed by atoms with E-state index in [-0.39, 0.29) is 17.0 Å². The van der Waals surface area contributed by atoms with E-state index in [9.17, 15) is 13.2 Å². The van der Waals surface area contributed by atoms with Gasteiger partial charge in [-0.05, 0) is 49.9 Å². The van der Waals surface area contributed by atoms with Gasteiger partial charge in [0.1, 0.15) is 0 Å². The number of sulfonamides is 1. The second-order valence-electron chi connectivity index (χ2n) is 6.28. The van der Waals surface area contributed by atoms with Crippen molar-refractivity contribution in [2.75, 3.05) is 26.2 Å². The molecule has 2 aliphatic rings. The Hall–Kier alpha value is -1.31. The van der Waals surface area contributed by atoms with Crippen LogP contribution in [0.4, 0.5) is 4.79 Å². The molecular weight excluding hydrogens is 350 g/mol. The zero-order valence-electron chi connectivity index (χ0n) is 13.4.